The van der Waals surface area contributed by atoms with E-state index < -0.39 is 0 Å². The van der Waals surface area contributed by atoms with E-state index in [0.717, 1.165) is 75.7 Å². The number of hydrogen-bond donors (Lipinski definition) is 0. The van der Waals surface area contributed by atoms with Gasteiger partial charge in [-0.2, -0.15) is 0 Å². The van der Waals surface area contributed by atoms with Crippen molar-refractivity contribution in [3.05, 3.63) is 28.2 Å². The minimum Gasteiger partial charge on any atom is -0.368 e. The maximum absolute atomic E-state index is 6.42. The van der Waals surface area contributed by atoms with E-state index in [2.05, 4.69) is 29.7 Å². The molecular formula is C24H34Cl2N2O2. The second kappa shape index (κ2) is 8.12. The first-order chi connectivity index (χ1) is 14.3. The Morgan fingerprint density at radius 2 is 1.60 bits per heavy atom. The Kier molecular flexibility index (Phi) is 5.77. The number of halogens is 2. The summed E-state index contributed by atoms with van der Waals surface area (Å²) < 4.78 is 12.6. The molecule has 2 saturated carbocycles. The van der Waals surface area contributed by atoms with Crippen LogP contribution >= 0.6 is 23.2 Å². The summed E-state index contributed by atoms with van der Waals surface area (Å²) in [6.45, 7) is 11.6. The van der Waals surface area contributed by atoms with Crippen LogP contribution in [-0.2, 0) is 9.47 Å². The van der Waals surface area contributed by atoms with Crippen molar-refractivity contribution in [1.29, 1.82) is 0 Å². The number of benzene rings is 1. The summed E-state index contributed by atoms with van der Waals surface area (Å²) in [6.07, 6.45) is 4.88. The molecule has 6 heteroatoms. The molecule has 1 spiro atoms. The molecule has 2 heterocycles. The fourth-order valence-electron chi connectivity index (χ4n) is 6.11. The summed E-state index contributed by atoms with van der Waals surface area (Å²) in [6, 6.07) is 5.92. The average molecular weight is 453 g/mol. The van der Waals surface area contributed by atoms with Crippen molar-refractivity contribution in [3.63, 3.8) is 0 Å². The summed E-state index contributed by atoms with van der Waals surface area (Å²) in [5, 5.41) is 1.32. The van der Waals surface area contributed by atoms with E-state index in [1.54, 1.807) is 0 Å². The smallest absolute Gasteiger partial charge is 0.168 e. The summed E-state index contributed by atoms with van der Waals surface area (Å²) in [4.78, 5) is 5.02. The third-order valence-electron chi connectivity index (χ3n) is 7.70. The van der Waals surface area contributed by atoms with Gasteiger partial charge >= 0.3 is 0 Å². The Morgan fingerprint density at radius 3 is 2.23 bits per heavy atom. The topological polar surface area (TPSA) is 24.9 Å². The van der Waals surface area contributed by atoms with Gasteiger partial charge in [-0.1, -0.05) is 43.1 Å². The molecule has 0 bridgehead atoms. The quantitative estimate of drug-likeness (QED) is 0.619. The van der Waals surface area contributed by atoms with Crippen LogP contribution < -0.4 is 4.90 Å². The van der Waals surface area contributed by atoms with Crippen LogP contribution in [0.25, 0.3) is 0 Å². The summed E-state index contributed by atoms with van der Waals surface area (Å²) in [5.41, 5.74) is 1.23. The molecule has 1 aromatic carbocycles. The minimum absolute atomic E-state index is 0.156. The number of anilines is 1. The fraction of sp³-hybridized carbons (Fsp3) is 0.750. The Morgan fingerprint density at radius 1 is 0.967 bits per heavy atom. The van der Waals surface area contributed by atoms with E-state index in [1.165, 1.54) is 19.4 Å². The van der Waals surface area contributed by atoms with Crippen LogP contribution in [0.3, 0.4) is 0 Å². The van der Waals surface area contributed by atoms with E-state index in [9.17, 15) is 0 Å². The second-order valence-electron chi connectivity index (χ2n) is 10.8. The number of hydrogen-bond acceptors (Lipinski definition) is 4. The van der Waals surface area contributed by atoms with Crippen LogP contribution in [0.15, 0.2) is 18.2 Å². The third-order valence-corrected chi connectivity index (χ3v) is 8.51. The zero-order chi connectivity index (χ0) is 20.9. The zero-order valence-electron chi connectivity index (χ0n) is 18.2. The Hall–Kier alpha value is -0.520. The molecule has 30 heavy (non-hydrogen) atoms. The Balaban J connectivity index is 1.10. The highest BCUT2D eigenvalue weighted by Crippen LogP contribution is 2.54. The average Bonchev–Trinajstić information content (AvgIpc) is 3.23. The molecule has 1 aromatic rings. The van der Waals surface area contributed by atoms with Crippen LogP contribution in [0.2, 0.25) is 10.0 Å². The molecule has 2 unspecified atom stereocenters. The van der Waals surface area contributed by atoms with Crippen molar-refractivity contribution in [2.45, 2.75) is 45.3 Å². The SMILES string of the molecule is CC1(C)COC2(CC3CC(CN4CCN(c5cccc(Cl)c5Cl)CC4)CC3C2)OC1. The van der Waals surface area contributed by atoms with E-state index in [0.29, 0.717) is 10.0 Å². The van der Waals surface area contributed by atoms with Gasteiger partial charge in [0, 0.05) is 51.0 Å². The lowest BCUT2D eigenvalue weighted by molar-refractivity contribution is -0.297. The highest BCUT2D eigenvalue weighted by Gasteiger charge is 2.53. The maximum Gasteiger partial charge on any atom is 0.168 e. The van der Waals surface area contributed by atoms with Gasteiger partial charge in [-0.25, -0.2) is 0 Å². The first-order valence-corrected chi connectivity index (χ1v) is 12.3. The number of ether oxygens (including phenoxy) is 2. The normalized spacial score (nSPS) is 33.2. The van der Waals surface area contributed by atoms with Gasteiger partial charge in [0.1, 0.15) is 0 Å². The molecule has 0 radical (unpaired) electrons. The molecule has 0 amide bonds. The van der Waals surface area contributed by atoms with Gasteiger partial charge in [0.2, 0.25) is 0 Å². The lowest BCUT2D eigenvalue weighted by Gasteiger charge is -2.42. The van der Waals surface area contributed by atoms with Gasteiger partial charge in [-0.05, 0) is 42.7 Å². The summed E-state index contributed by atoms with van der Waals surface area (Å²) in [7, 11) is 0. The minimum atomic E-state index is -0.266. The lowest BCUT2D eigenvalue weighted by Crippen LogP contribution is -2.48. The van der Waals surface area contributed by atoms with Crippen molar-refractivity contribution in [3.8, 4) is 0 Å². The predicted molar refractivity (Wildman–Crippen MR) is 122 cm³/mol. The summed E-state index contributed by atoms with van der Waals surface area (Å²) in [5.74, 6) is 2.11. The lowest BCUT2D eigenvalue weighted by atomic mass is 9.93. The number of nitrogens with zero attached hydrogens (tertiary/aromatic N) is 2. The van der Waals surface area contributed by atoms with Gasteiger partial charge in [0.25, 0.3) is 0 Å². The third kappa shape index (κ3) is 4.23. The molecule has 0 N–H and O–H groups in total. The second-order valence-corrected chi connectivity index (χ2v) is 11.6. The molecule has 4 fully saturated rings. The summed E-state index contributed by atoms with van der Waals surface area (Å²) >= 11 is 12.6. The largest absolute Gasteiger partial charge is 0.368 e. The Bertz CT molecular complexity index is 752. The molecule has 4 aliphatic rings. The van der Waals surface area contributed by atoms with E-state index in [1.807, 2.05) is 12.1 Å². The van der Waals surface area contributed by atoms with E-state index >= 15 is 0 Å². The van der Waals surface area contributed by atoms with Crippen LogP contribution in [0, 0.1) is 23.2 Å². The van der Waals surface area contributed by atoms with Crippen LogP contribution in [0.4, 0.5) is 5.69 Å². The molecule has 4 nitrogen and oxygen atoms in total. The van der Waals surface area contributed by atoms with Gasteiger partial charge in [-0.3, -0.25) is 4.90 Å². The van der Waals surface area contributed by atoms with E-state index in [4.69, 9.17) is 32.7 Å². The first kappa shape index (κ1) is 21.3. The highest BCUT2D eigenvalue weighted by molar-refractivity contribution is 6.43. The Labute approximate surface area is 190 Å². The van der Waals surface area contributed by atoms with Gasteiger partial charge in [-0.15, -0.1) is 0 Å². The fourth-order valence-corrected chi connectivity index (χ4v) is 6.53. The molecule has 166 valence electrons. The maximum atomic E-state index is 6.42. The molecule has 2 aliphatic carbocycles. The molecule has 2 saturated heterocycles. The van der Waals surface area contributed by atoms with E-state index in [-0.39, 0.29) is 11.2 Å². The molecular weight excluding hydrogens is 419 g/mol. The number of rotatable bonds is 3. The molecule has 2 aliphatic heterocycles. The monoisotopic (exact) mass is 452 g/mol. The standard InChI is InChI=1S/C24H34Cl2N2O2/c1-23(2)15-29-24(30-16-23)12-18-10-17(11-19(18)13-24)14-27-6-8-28(9-7-27)21-5-3-4-20(25)22(21)26/h3-5,17-19H,6-16H2,1-2H3. The van der Waals surface area contributed by atoms with Crippen LogP contribution in [-0.4, -0.2) is 56.6 Å². The molecule has 5 rings (SSSR count). The van der Waals surface area contributed by atoms with Crippen molar-refractivity contribution in [2.75, 3.05) is 50.8 Å². The van der Waals surface area contributed by atoms with Gasteiger partial charge in [0.05, 0.1) is 28.9 Å². The van der Waals surface area contributed by atoms with Gasteiger partial charge < -0.3 is 14.4 Å². The number of fused-ring (bicyclic) bond motifs is 1. The van der Waals surface area contributed by atoms with Crippen LogP contribution in [0.1, 0.15) is 39.5 Å². The van der Waals surface area contributed by atoms with Crippen molar-refractivity contribution < 1.29 is 9.47 Å². The molecule has 0 aromatic heterocycles. The molecule has 2 atom stereocenters. The van der Waals surface area contributed by atoms with Crippen molar-refractivity contribution in [1.82, 2.24) is 4.90 Å². The predicted octanol–water partition coefficient (Wildman–Crippen LogP) is 5.32. The van der Waals surface area contributed by atoms with Crippen LogP contribution in [0.5, 0.6) is 0 Å². The van der Waals surface area contributed by atoms with Gasteiger partial charge in [0.15, 0.2) is 5.79 Å². The number of piperazine rings is 1. The van der Waals surface area contributed by atoms with Crippen molar-refractivity contribution >= 4 is 28.9 Å². The zero-order valence-corrected chi connectivity index (χ0v) is 19.7. The van der Waals surface area contributed by atoms with Crippen molar-refractivity contribution in [2.24, 2.45) is 23.2 Å². The highest BCUT2D eigenvalue weighted by atomic mass is 35.5. The first-order valence-electron chi connectivity index (χ1n) is 11.5.